The number of carbonyl (C=O) groups excluding carboxylic acids is 2. The van der Waals surface area contributed by atoms with Crippen LogP contribution in [-0.4, -0.2) is 95.7 Å². The van der Waals surface area contributed by atoms with Gasteiger partial charge in [0.05, 0.1) is 24.7 Å². The number of likely N-dealkylation sites (tertiary alicyclic amines) is 3. The molecule has 1 aromatic rings. The highest BCUT2D eigenvalue weighted by molar-refractivity contribution is 6.64. The fourth-order valence-electron chi connectivity index (χ4n) is 7.57. The zero-order valence-corrected chi connectivity index (χ0v) is 27.3. The van der Waals surface area contributed by atoms with E-state index in [4.69, 9.17) is 16.3 Å². The number of amides is 1. The van der Waals surface area contributed by atoms with Crippen molar-refractivity contribution in [2.24, 2.45) is 23.7 Å². The van der Waals surface area contributed by atoms with Crippen LogP contribution < -0.4 is 4.74 Å². The summed E-state index contributed by atoms with van der Waals surface area (Å²) in [4.78, 5) is 31.3. The van der Waals surface area contributed by atoms with Crippen LogP contribution in [0.15, 0.2) is 48.1 Å². The van der Waals surface area contributed by atoms with E-state index in [1.54, 1.807) is 31.4 Å². The van der Waals surface area contributed by atoms with Gasteiger partial charge in [0.1, 0.15) is 5.75 Å². The van der Waals surface area contributed by atoms with E-state index in [2.05, 4.69) is 6.07 Å². The lowest BCUT2D eigenvalue weighted by Crippen LogP contribution is -2.51. The second-order valence-corrected chi connectivity index (χ2v) is 14.4. The van der Waals surface area contributed by atoms with Gasteiger partial charge in [0.15, 0.2) is 0 Å². The molecule has 1 amide bonds. The van der Waals surface area contributed by atoms with Crippen molar-refractivity contribution in [3.63, 3.8) is 0 Å². The molecular formula is C34H41ClF4N4O3. The minimum absolute atomic E-state index is 0.00769. The summed E-state index contributed by atoms with van der Waals surface area (Å²) in [7, 11) is 1.54. The number of halogens is 5. The Balaban J connectivity index is 1.42. The maximum atomic E-state index is 17.4. The predicted molar refractivity (Wildman–Crippen MR) is 166 cm³/mol. The monoisotopic (exact) mass is 664 g/mol. The summed E-state index contributed by atoms with van der Waals surface area (Å²) in [5.41, 5.74) is -2.80. The fourth-order valence-corrected chi connectivity index (χ4v) is 7.79. The van der Waals surface area contributed by atoms with Gasteiger partial charge in [-0.3, -0.25) is 19.4 Å². The van der Waals surface area contributed by atoms with E-state index in [9.17, 15) is 28.0 Å². The van der Waals surface area contributed by atoms with Crippen molar-refractivity contribution in [2.75, 3.05) is 46.4 Å². The minimum atomic E-state index is -4.56. The lowest BCUT2D eigenvalue weighted by molar-refractivity contribution is -0.143. The Morgan fingerprint density at radius 3 is 2.26 bits per heavy atom. The first-order valence-corrected chi connectivity index (χ1v) is 16.1. The largest absolute Gasteiger partial charge is 0.497 e. The third-order valence-corrected chi connectivity index (χ3v) is 10.7. The van der Waals surface area contributed by atoms with E-state index in [1.807, 2.05) is 30.6 Å². The molecular weight excluding hydrogens is 624 g/mol. The van der Waals surface area contributed by atoms with Gasteiger partial charge in [-0.1, -0.05) is 30.4 Å². The molecule has 46 heavy (non-hydrogen) atoms. The van der Waals surface area contributed by atoms with E-state index < -0.39 is 63.8 Å². The molecule has 3 aliphatic heterocycles. The van der Waals surface area contributed by atoms with E-state index in [0.29, 0.717) is 43.8 Å². The smallest absolute Gasteiger partial charge is 0.416 e. The van der Waals surface area contributed by atoms with Crippen molar-refractivity contribution < 1.29 is 31.9 Å². The maximum Gasteiger partial charge on any atom is 0.416 e. The molecule has 0 aromatic heterocycles. The molecule has 7 nitrogen and oxygen atoms in total. The number of benzene rings is 1. The number of nitriles is 1. The van der Waals surface area contributed by atoms with Crippen LogP contribution in [0.4, 0.5) is 17.6 Å². The molecule has 12 heteroatoms. The van der Waals surface area contributed by atoms with Gasteiger partial charge >= 0.3 is 6.18 Å². The summed E-state index contributed by atoms with van der Waals surface area (Å²) in [5, 5.41) is 9.76. The van der Waals surface area contributed by atoms with Gasteiger partial charge in [0.2, 0.25) is 10.9 Å². The third kappa shape index (κ3) is 6.71. The molecule has 0 radical (unpaired) electrons. The average Bonchev–Trinajstić information content (AvgIpc) is 3.62. The Labute approximate surface area is 272 Å². The van der Waals surface area contributed by atoms with Crippen LogP contribution >= 0.6 is 11.6 Å². The number of carbonyl (C=O) groups is 2. The van der Waals surface area contributed by atoms with Gasteiger partial charge in [0, 0.05) is 61.4 Å². The summed E-state index contributed by atoms with van der Waals surface area (Å²) in [6, 6.07) is 8.58. The van der Waals surface area contributed by atoms with Gasteiger partial charge < -0.3 is 9.64 Å². The number of ether oxygens (including phenoxy) is 1. The van der Waals surface area contributed by atoms with Crippen LogP contribution in [0.2, 0.25) is 0 Å². The number of methoxy groups -OCH3 is 1. The first-order valence-electron chi connectivity index (χ1n) is 15.7. The quantitative estimate of drug-likeness (QED) is 0.286. The Bertz CT molecular complexity index is 1410. The van der Waals surface area contributed by atoms with Crippen LogP contribution in [0.5, 0.6) is 5.75 Å². The number of piperidine rings is 1. The summed E-state index contributed by atoms with van der Waals surface area (Å²) in [5.74, 6) is -2.96. The highest BCUT2D eigenvalue weighted by Crippen LogP contribution is 2.46. The van der Waals surface area contributed by atoms with Gasteiger partial charge in [-0.15, -0.1) is 0 Å². The maximum absolute atomic E-state index is 17.4. The zero-order chi connectivity index (χ0) is 33.6. The number of nitrogens with zero attached hydrogens (tertiary/aromatic N) is 4. The molecule has 0 saturated carbocycles. The Morgan fingerprint density at radius 1 is 1.07 bits per heavy atom. The van der Waals surface area contributed by atoms with Crippen LogP contribution in [0.1, 0.15) is 45.1 Å². The van der Waals surface area contributed by atoms with Crippen LogP contribution in [0.25, 0.3) is 0 Å². The standard InChI is InChI=1S/C34H41ClF4N4O3/c1-32(2,3)43-19-28(21-5-8-25(46-4)9-6-21)33(36,20-43)31(45)42-17-23(16-40)27(18-42)26-10-7-24(34(37,38)39)15-29(26)41-13-11-22(12-14-41)30(35)44/h5-10,15,22-23,26-29H,11-14,17-20H2,1-4H3/t23-,26?,27+,28-,29?,33-/m0/s1. The highest BCUT2D eigenvalue weighted by atomic mass is 35.5. The van der Waals surface area contributed by atoms with E-state index >= 15 is 4.39 Å². The first-order chi connectivity index (χ1) is 21.6. The van der Waals surface area contributed by atoms with Gasteiger partial charge in [0.25, 0.3) is 5.91 Å². The number of alkyl halides is 4. The summed E-state index contributed by atoms with van der Waals surface area (Å²) in [6.07, 6.45) is 0.0166. The first kappa shape index (κ1) is 34.4. The third-order valence-electron chi connectivity index (χ3n) is 10.4. The fraction of sp³-hybridized carbons (Fsp3) is 0.618. The Morgan fingerprint density at radius 2 is 1.72 bits per heavy atom. The SMILES string of the molecule is COc1ccc([C@@H]2CN(C(C)(C)C)C[C@@]2(F)C(=O)N2C[C@H](C#N)[C@H](C3C=CC(C(F)(F)F)=CC3N3CCC(C(=O)Cl)CC3)C2)cc1. The van der Waals surface area contributed by atoms with Crippen molar-refractivity contribution in [3.05, 3.63) is 53.6 Å². The van der Waals surface area contributed by atoms with Crippen molar-refractivity contribution in [3.8, 4) is 11.8 Å². The molecule has 250 valence electrons. The summed E-state index contributed by atoms with van der Waals surface area (Å²) >= 11 is 5.71. The molecule has 5 rings (SSSR count). The van der Waals surface area contributed by atoms with Gasteiger partial charge in [-0.2, -0.15) is 18.4 Å². The van der Waals surface area contributed by atoms with Crippen LogP contribution in [0, 0.1) is 35.0 Å². The highest BCUT2D eigenvalue weighted by Gasteiger charge is 2.58. The summed E-state index contributed by atoms with van der Waals surface area (Å²) < 4.78 is 64.2. The molecule has 0 N–H and O–H groups in total. The predicted octanol–water partition coefficient (Wildman–Crippen LogP) is 5.72. The molecule has 0 bridgehead atoms. The van der Waals surface area contributed by atoms with Gasteiger partial charge in [-0.25, -0.2) is 4.39 Å². The Kier molecular flexibility index (Phi) is 9.67. The number of allylic oxidation sites excluding steroid dienone is 2. The summed E-state index contributed by atoms with van der Waals surface area (Å²) in [6.45, 7) is 6.87. The second-order valence-electron chi connectivity index (χ2n) is 14.0. The normalized spacial score (nSPS) is 31.5. The number of hydrogen-bond acceptors (Lipinski definition) is 6. The molecule has 4 aliphatic rings. The van der Waals surface area contributed by atoms with Gasteiger partial charge in [-0.05, 0) is 76.0 Å². The molecule has 1 aromatic carbocycles. The topological polar surface area (TPSA) is 76.9 Å². The lowest BCUT2D eigenvalue weighted by atomic mass is 9.76. The lowest BCUT2D eigenvalue weighted by Gasteiger charge is -2.42. The van der Waals surface area contributed by atoms with E-state index in [1.165, 1.54) is 17.1 Å². The van der Waals surface area contributed by atoms with Crippen molar-refractivity contribution in [1.29, 1.82) is 5.26 Å². The van der Waals surface area contributed by atoms with E-state index in [0.717, 1.165) is 6.08 Å². The van der Waals surface area contributed by atoms with Crippen molar-refractivity contribution in [1.82, 2.24) is 14.7 Å². The molecule has 3 fully saturated rings. The van der Waals surface area contributed by atoms with Crippen LogP contribution in [-0.2, 0) is 9.59 Å². The zero-order valence-electron chi connectivity index (χ0n) is 26.6. The van der Waals surface area contributed by atoms with Crippen molar-refractivity contribution >= 4 is 22.8 Å². The number of rotatable bonds is 6. The number of hydrogen-bond donors (Lipinski definition) is 0. The molecule has 0 spiro atoms. The average molecular weight is 665 g/mol. The molecule has 2 unspecified atom stereocenters. The second kappa shape index (κ2) is 12.9. The molecule has 3 saturated heterocycles. The van der Waals surface area contributed by atoms with Crippen molar-refractivity contribution in [2.45, 2.75) is 63.0 Å². The molecule has 3 heterocycles. The molecule has 1 aliphatic carbocycles. The minimum Gasteiger partial charge on any atom is -0.497 e. The molecule has 6 atom stereocenters. The van der Waals surface area contributed by atoms with Crippen LogP contribution in [0.3, 0.4) is 0 Å². The van der Waals surface area contributed by atoms with E-state index in [-0.39, 0.29) is 25.6 Å². The Hall–Kier alpha value is -2.94.